The lowest BCUT2D eigenvalue weighted by molar-refractivity contribution is 0.0525. The quantitative estimate of drug-likeness (QED) is 0.605. The van der Waals surface area contributed by atoms with E-state index in [2.05, 4.69) is 11.5 Å². The van der Waals surface area contributed by atoms with Crippen molar-refractivity contribution in [3.8, 4) is 0 Å². The standard InChI is InChI=1S/C16H25NO2/c1-4-19-16(18)15-11-12(2)17(13(15)3)14-9-7-5-6-8-10-14/h11,14H,4-10H2,1-3H3. The Kier molecular flexibility index (Phi) is 4.67. The van der Waals surface area contributed by atoms with Gasteiger partial charge in [-0.15, -0.1) is 0 Å². The SMILES string of the molecule is CCOC(=O)c1cc(C)n(C2CCCCCC2)c1C. The maximum Gasteiger partial charge on any atom is 0.339 e. The smallest absolute Gasteiger partial charge is 0.339 e. The number of aromatic nitrogens is 1. The van der Waals surface area contributed by atoms with Crippen molar-refractivity contribution in [1.29, 1.82) is 0 Å². The Morgan fingerprint density at radius 3 is 2.47 bits per heavy atom. The van der Waals surface area contributed by atoms with E-state index in [0.717, 1.165) is 11.3 Å². The number of carbonyl (C=O) groups excluding carboxylic acids is 1. The number of carbonyl (C=O) groups is 1. The second kappa shape index (κ2) is 6.27. The third kappa shape index (κ3) is 3.02. The average molecular weight is 263 g/mol. The highest BCUT2D eigenvalue weighted by atomic mass is 16.5. The lowest BCUT2D eigenvalue weighted by Gasteiger charge is -2.21. The molecule has 0 aromatic carbocycles. The molecule has 0 spiro atoms. The van der Waals surface area contributed by atoms with Gasteiger partial charge in [-0.3, -0.25) is 0 Å². The molecule has 3 heteroatoms. The van der Waals surface area contributed by atoms with Gasteiger partial charge >= 0.3 is 5.97 Å². The molecule has 0 unspecified atom stereocenters. The minimum Gasteiger partial charge on any atom is -0.462 e. The topological polar surface area (TPSA) is 31.2 Å². The highest BCUT2D eigenvalue weighted by molar-refractivity contribution is 5.91. The molecule has 0 saturated heterocycles. The summed E-state index contributed by atoms with van der Waals surface area (Å²) in [5.74, 6) is -0.185. The highest BCUT2D eigenvalue weighted by Crippen LogP contribution is 2.31. The Bertz CT molecular complexity index is 440. The van der Waals surface area contributed by atoms with Crippen LogP contribution in [0.5, 0.6) is 0 Å². The van der Waals surface area contributed by atoms with Crippen LogP contribution in [0.1, 0.15) is 73.2 Å². The third-order valence-electron chi connectivity index (χ3n) is 4.17. The second-order valence-electron chi connectivity index (χ2n) is 5.52. The Balaban J connectivity index is 2.27. The van der Waals surface area contributed by atoms with E-state index in [1.807, 2.05) is 19.9 Å². The van der Waals surface area contributed by atoms with Crippen molar-refractivity contribution in [2.24, 2.45) is 0 Å². The molecular formula is C16H25NO2. The lowest BCUT2D eigenvalue weighted by atomic mass is 10.1. The normalized spacial score (nSPS) is 17.2. The van der Waals surface area contributed by atoms with Crippen molar-refractivity contribution in [3.05, 3.63) is 23.0 Å². The summed E-state index contributed by atoms with van der Waals surface area (Å²) in [4.78, 5) is 11.9. The fourth-order valence-electron chi connectivity index (χ4n) is 3.27. The molecule has 1 aromatic heterocycles. The van der Waals surface area contributed by atoms with Gasteiger partial charge in [0.1, 0.15) is 0 Å². The van der Waals surface area contributed by atoms with Gasteiger partial charge in [-0.1, -0.05) is 25.7 Å². The van der Waals surface area contributed by atoms with Crippen molar-refractivity contribution in [3.63, 3.8) is 0 Å². The Hall–Kier alpha value is -1.25. The lowest BCUT2D eigenvalue weighted by Crippen LogP contribution is -2.13. The highest BCUT2D eigenvalue weighted by Gasteiger charge is 2.22. The molecule has 0 N–H and O–H groups in total. The predicted molar refractivity (Wildman–Crippen MR) is 76.6 cm³/mol. The molecule has 1 aliphatic carbocycles. The number of ether oxygens (including phenoxy) is 1. The molecule has 106 valence electrons. The molecule has 19 heavy (non-hydrogen) atoms. The van der Waals surface area contributed by atoms with E-state index in [0.29, 0.717) is 12.6 Å². The minimum absolute atomic E-state index is 0.185. The van der Waals surface area contributed by atoms with E-state index in [1.165, 1.54) is 44.2 Å². The molecule has 0 atom stereocenters. The van der Waals surface area contributed by atoms with Gasteiger partial charge < -0.3 is 9.30 Å². The van der Waals surface area contributed by atoms with Gasteiger partial charge in [0.25, 0.3) is 0 Å². The first kappa shape index (κ1) is 14.2. The first-order valence-corrected chi connectivity index (χ1v) is 7.50. The summed E-state index contributed by atoms with van der Waals surface area (Å²) in [5.41, 5.74) is 3.00. The van der Waals surface area contributed by atoms with Gasteiger partial charge in [0, 0.05) is 17.4 Å². The molecule has 1 saturated carbocycles. The van der Waals surface area contributed by atoms with E-state index >= 15 is 0 Å². The molecule has 0 amide bonds. The Morgan fingerprint density at radius 2 is 1.89 bits per heavy atom. The van der Waals surface area contributed by atoms with Crippen LogP contribution in [0.15, 0.2) is 6.07 Å². The van der Waals surface area contributed by atoms with Crippen molar-refractivity contribution in [2.45, 2.75) is 65.3 Å². The van der Waals surface area contributed by atoms with Crippen LogP contribution < -0.4 is 0 Å². The molecule has 0 aliphatic heterocycles. The molecule has 1 aromatic rings. The first-order chi connectivity index (χ1) is 9.15. The number of nitrogens with zero attached hydrogens (tertiary/aromatic N) is 1. The Labute approximate surface area is 115 Å². The van der Waals surface area contributed by atoms with E-state index in [4.69, 9.17) is 4.74 Å². The fraction of sp³-hybridized carbons (Fsp3) is 0.688. The van der Waals surface area contributed by atoms with Crippen LogP contribution in [0.2, 0.25) is 0 Å². The number of rotatable bonds is 3. The zero-order valence-electron chi connectivity index (χ0n) is 12.4. The van der Waals surface area contributed by atoms with Crippen molar-refractivity contribution < 1.29 is 9.53 Å². The predicted octanol–water partition coefficient (Wildman–Crippen LogP) is 4.18. The molecule has 0 radical (unpaired) electrons. The van der Waals surface area contributed by atoms with Crippen LogP contribution >= 0.6 is 0 Å². The van der Waals surface area contributed by atoms with Crippen LogP contribution in [0.25, 0.3) is 0 Å². The van der Waals surface area contributed by atoms with Crippen LogP contribution in [0.3, 0.4) is 0 Å². The monoisotopic (exact) mass is 263 g/mol. The average Bonchev–Trinajstić information content (AvgIpc) is 2.59. The molecule has 0 bridgehead atoms. The molecule has 1 fully saturated rings. The van der Waals surface area contributed by atoms with Crippen molar-refractivity contribution >= 4 is 5.97 Å². The van der Waals surface area contributed by atoms with Gasteiger partial charge in [0.05, 0.1) is 12.2 Å². The fourth-order valence-corrected chi connectivity index (χ4v) is 3.27. The van der Waals surface area contributed by atoms with E-state index in [1.54, 1.807) is 0 Å². The van der Waals surface area contributed by atoms with Crippen LogP contribution in [-0.4, -0.2) is 17.1 Å². The largest absolute Gasteiger partial charge is 0.462 e. The number of hydrogen-bond donors (Lipinski definition) is 0. The van der Waals surface area contributed by atoms with Crippen LogP contribution in [0, 0.1) is 13.8 Å². The van der Waals surface area contributed by atoms with Gasteiger partial charge in [-0.25, -0.2) is 4.79 Å². The maximum atomic E-state index is 11.9. The van der Waals surface area contributed by atoms with E-state index < -0.39 is 0 Å². The number of aryl methyl sites for hydroxylation is 1. The van der Waals surface area contributed by atoms with Crippen molar-refractivity contribution in [1.82, 2.24) is 4.57 Å². The van der Waals surface area contributed by atoms with E-state index in [9.17, 15) is 4.79 Å². The summed E-state index contributed by atoms with van der Waals surface area (Å²) >= 11 is 0. The van der Waals surface area contributed by atoms with Gasteiger partial charge in [-0.2, -0.15) is 0 Å². The second-order valence-corrected chi connectivity index (χ2v) is 5.52. The zero-order chi connectivity index (χ0) is 13.8. The molecular weight excluding hydrogens is 238 g/mol. The summed E-state index contributed by atoms with van der Waals surface area (Å²) in [6.45, 7) is 6.43. The summed E-state index contributed by atoms with van der Waals surface area (Å²) in [6, 6.07) is 2.55. The third-order valence-corrected chi connectivity index (χ3v) is 4.17. The number of hydrogen-bond acceptors (Lipinski definition) is 2. The molecule has 1 aliphatic rings. The van der Waals surface area contributed by atoms with E-state index in [-0.39, 0.29) is 5.97 Å². The van der Waals surface area contributed by atoms with Crippen LogP contribution in [0.4, 0.5) is 0 Å². The van der Waals surface area contributed by atoms with Gasteiger partial charge in [0.15, 0.2) is 0 Å². The molecule has 1 heterocycles. The first-order valence-electron chi connectivity index (χ1n) is 7.50. The van der Waals surface area contributed by atoms with Crippen molar-refractivity contribution in [2.75, 3.05) is 6.61 Å². The van der Waals surface area contributed by atoms with Crippen LogP contribution in [-0.2, 0) is 4.74 Å². The number of esters is 1. The molecule has 3 nitrogen and oxygen atoms in total. The van der Waals surface area contributed by atoms with Gasteiger partial charge in [0.2, 0.25) is 0 Å². The molecule has 2 rings (SSSR count). The summed E-state index contributed by atoms with van der Waals surface area (Å²) < 4.78 is 7.50. The summed E-state index contributed by atoms with van der Waals surface area (Å²) in [7, 11) is 0. The zero-order valence-corrected chi connectivity index (χ0v) is 12.4. The summed E-state index contributed by atoms with van der Waals surface area (Å²) in [5, 5.41) is 0. The van der Waals surface area contributed by atoms with Gasteiger partial charge in [-0.05, 0) is 39.7 Å². The summed E-state index contributed by atoms with van der Waals surface area (Å²) in [6.07, 6.45) is 7.77. The maximum absolute atomic E-state index is 11.9. The minimum atomic E-state index is -0.185. The Morgan fingerprint density at radius 1 is 1.26 bits per heavy atom.